The molecule has 5 nitrogen and oxygen atoms in total. The third-order valence-electron chi connectivity index (χ3n) is 3.94. The van der Waals surface area contributed by atoms with Crippen molar-refractivity contribution in [2.75, 3.05) is 12.5 Å². The van der Waals surface area contributed by atoms with Gasteiger partial charge < -0.3 is 10.2 Å². The minimum Gasteiger partial charge on any atom is -0.459 e. The molecule has 3 rings (SSSR count). The molecule has 128 valence electrons. The second kappa shape index (κ2) is 6.99. The number of hydrogen-bond donors (Lipinski definition) is 1. The summed E-state index contributed by atoms with van der Waals surface area (Å²) in [5, 5.41) is 1.78. The van der Waals surface area contributed by atoms with E-state index >= 15 is 0 Å². The Kier molecular flexibility index (Phi) is 4.76. The van der Waals surface area contributed by atoms with Crippen molar-refractivity contribution in [2.24, 2.45) is 0 Å². The lowest BCUT2D eigenvalue weighted by molar-refractivity contribution is -0.142. The molecule has 0 atom stereocenters. The van der Waals surface area contributed by atoms with E-state index in [1.807, 2.05) is 30.3 Å². The highest BCUT2D eigenvalue weighted by atomic mass is 35.5. The van der Waals surface area contributed by atoms with Gasteiger partial charge >= 0.3 is 5.97 Å². The Bertz CT molecular complexity index is 997. The molecule has 0 unspecified atom stereocenters. The van der Waals surface area contributed by atoms with Crippen LogP contribution in [-0.2, 0) is 16.1 Å². The molecular formula is C19H17ClN2O3. The van der Waals surface area contributed by atoms with E-state index in [0.717, 1.165) is 16.5 Å². The summed E-state index contributed by atoms with van der Waals surface area (Å²) in [5.74, 6) is -0.416. The van der Waals surface area contributed by atoms with Gasteiger partial charge in [0, 0.05) is 29.9 Å². The van der Waals surface area contributed by atoms with Gasteiger partial charge in [-0.15, -0.1) is 0 Å². The van der Waals surface area contributed by atoms with Gasteiger partial charge in [-0.1, -0.05) is 41.9 Å². The van der Waals surface area contributed by atoms with Crippen LogP contribution in [0.25, 0.3) is 21.9 Å². The number of hydrogen-bond acceptors (Lipinski definition) is 4. The molecule has 0 amide bonds. The fourth-order valence-electron chi connectivity index (χ4n) is 2.89. The maximum atomic E-state index is 12.8. The summed E-state index contributed by atoms with van der Waals surface area (Å²) < 4.78 is 6.60. The van der Waals surface area contributed by atoms with Gasteiger partial charge in [0.1, 0.15) is 6.61 Å². The molecule has 6 heteroatoms. The van der Waals surface area contributed by atoms with Crippen molar-refractivity contribution in [3.8, 4) is 11.1 Å². The van der Waals surface area contributed by atoms with E-state index in [9.17, 15) is 9.59 Å². The Morgan fingerprint density at radius 2 is 1.88 bits per heavy atom. The fraction of sp³-hybridized carbons (Fsp3) is 0.158. The second-order valence-electron chi connectivity index (χ2n) is 5.52. The van der Waals surface area contributed by atoms with E-state index in [1.54, 1.807) is 25.2 Å². The number of rotatable bonds is 4. The molecule has 1 heterocycles. The van der Waals surface area contributed by atoms with Crippen LogP contribution in [-0.4, -0.2) is 17.7 Å². The van der Waals surface area contributed by atoms with Crippen LogP contribution >= 0.6 is 11.6 Å². The molecule has 0 saturated heterocycles. The van der Waals surface area contributed by atoms with Crippen molar-refractivity contribution in [1.29, 1.82) is 0 Å². The van der Waals surface area contributed by atoms with E-state index in [4.69, 9.17) is 16.3 Å². The Morgan fingerprint density at radius 1 is 1.16 bits per heavy atom. The van der Waals surface area contributed by atoms with Crippen molar-refractivity contribution in [3.63, 3.8) is 0 Å². The third-order valence-corrected chi connectivity index (χ3v) is 4.18. The Morgan fingerprint density at radius 3 is 2.52 bits per heavy atom. The van der Waals surface area contributed by atoms with E-state index in [0.29, 0.717) is 16.1 Å². The number of pyridine rings is 1. The molecule has 0 aliphatic rings. The van der Waals surface area contributed by atoms with Crippen LogP contribution in [0.4, 0.5) is 0 Å². The van der Waals surface area contributed by atoms with Gasteiger partial charge in [-0.25, -0.2) is 4.68 Å². The average molecular weight is 357 g/mol. The largest absolute Gasteiger partial charge is 0.459 e. The van der Waals surface area contributed by atoms with Crippen molar-refractivity contribution in [2.45, 2.75) is 13.5 Å². The summed E-state index contributed by atoms with van der Waals surface area (Å²) in [4.78, 5) is 24.2. The van der Waals surface area contributed by atoms with Gasteiger partial charge in [-0.2, -0.15) is 0 Å². The standard InChI is InChI=1S/C19H17ClN2O3/c1-12(23)25-11-17-18(13-6-4-3-5-7-13)16-10-14(20)8-9-15(16)19(24)22(17)21-2/h3-10,21H,11H2,1-2H3. The summed E-state index contributed by atoms with van der Waals surface area (Å²) in [6, 6.07) is 14.8. The van der Waals surface area contributed by atoms with Crippen LogP contribution in [0.1, 0.15) is 12.6 Å². The molecule has 0 fully saturated rings. The van der Waals surface area contributed by atoms with E-state index in [1.165, 1.54) is 11.6 Å². The number of esters is 1. The zero-order chi connectivity index (χ0) is 18.0. The molecule has 0 saturated carbocycles. The minimum absolute atomic E-state index is 0.0297. The minimum atomic E-state index is -0.416. The maximum absolute atomic E-state index is 12.8. The van der Waals surface area contributed by atoms with Crippen LogP contribution in [0, 0.1) is 0 Å². The van der Waals surface area contributed by atoms with Gasteiger partial charge in [0.2, 0.25) is 0 Å². The van der Waals surface area contributed by atoms with Crippen molar-refractivity contribution in [3.05, 3.63) is 69.6 Å². The zero-order valence-electron chi connectivity index (χ0n) is 13.9. The lowest BCUT2D eigenvalue weighted by Crippen LogP contribution is -2.31. The van der Waals surface area contributed by atoms with E-state index in [-0.39, 0.29) is 12.2 Å². The molecule has 3 aromatic rings. The lowest BCUT2D eigenvalue weighted by Gasteiger charge is -2.19. The molecule has 0 aliphatic carbocycles. The van der Waals surface area contributed by atoms with Gasteiger partial charge in [-0.3, -0.25) is 9.59 Å². The molecule has 0 spiro atoms. The lowest BCUT2D eigenvalue weighted by atomic mass is 9.97. The maximum Gasteiger partial charge on any atom is 0.303 e. The van der Waals surface area contributed by atoms with Gasteiger partial charge in [0.05, 0.1) is 5.69 Å². The highest BCUT2D eigenvalue weighted by Crippen LogP contribution is 2.32. The smallest absolute Gasteiger partial charge is 0.303 e. The predicted octanol–water partition coefficient (Wildman–Crippen LogP) is 3.56. The van der Waals surface area contributed by atoms with Crippen LogP contribution < -0.4 is 11.0 Å². The molecular weight excluding hydrogens is 340 g/mol. The number of benzene rings is 2. The second-order valence-corrected chi connectivity index (χ2v) is 5.96. The normalized spacial score (nSPS) is 10.7. The van der Waals surface area contributed by atoms with Crippen LogP contribution in [0.2, 0.25) is 5.02 Å². The highest BCUT2D eigenvalue weighted by Gasteiger charge is 2.19. The SMILES string of the molecule is CNn1c(COC(C)=O)c(-c2ccccc2)c2cc(Cl)ccc2c1=O. The molecule has 2 aromatic carbocycles. The Balaban J connectivity index is 2.43. The van der Waals surface area contributed by atoms with Crippen molar-refractivity contribution >= 4 is 28.3 Å². The molecule has 1 N–H and O–H groups in total. The number of nitrogens with one attached hydrogen (secondary N) is 1. The summed E-state index contributed by atoms with van der Waals surface area (Å²) in [7, 11) is 1.65. The summed E-state index contributed by atoms with van der Waals surface area (Å²) in [5.41, 5.74) is 4.92. The first kappa shape index (κ1) is 17.0. The molecule has 25 heavy (non-hydrogen) atoms. The predicted molar refractivity (Wildman–Crippen MR) is 99.4 cm³/mol. The van der Waals surface area contributed by atoms with E-state index < -0.39 is 5.97 Å². The van der Waals surface area contributed by atoms with Crippen molar-refractivity contribution < 1.29 is 9.53 Å². The first-order valence-corrected chi connectivity index (χ1v) is 8.14. The molecule has 1 aromatic heterocycles. The first-order chi connectivity index (χ1) is 12.0. The molecule has 0 radical (unpaired) electrons. The number of aromatic nitrogens is 1. The topological polar surface area (TPSA) is 60.3 Å². The third kappa shape index (κ3) is 3.23. The highest BCUT2D eigenvalue weighted by molar-refractivity contribution is 6.31. The number of carbonyl (C=O) groups is 1. The van der Waals surface area contributed by atoms with Crippen molar-refractivity contribution in [1.82, 2.24) is 4.68 Å². The molecule has 0 bridgehead atoms. The number of carbonyl (C=O) groups excluding carboxylic acids is 1. The quantitative estimate of drug-likeness (QED) is 0.726. The number of halogens is 1. The average Bonchev–Trinajstić information content (AvgIpc) is 2.60. The summed E-state index contributed by atoms with van der Waals surface area (Å²) >= 11 is 6.17. The van der Waals surface area contributed by atoms with Crippen LogP contribution in [0.3, 0.4) is 0 Å². The van der Waals surface area contributed by atoms with Gasteiger partial charge in [-0.05, 0) is 29.1 Å². The monoisotopic (exact) mass is 356 g/mol. The number of ether oxygens (including phenoxy) is 1. The molecule has 0 aliphatic heterocycles. The Hall–Kier alpha value is -2.79. The first-order valence-electron chi connectivity index (χ1n) is 7.76. The fourth-order valence-corrected chi connectivity index (χ4v) is 3.06. The summed E-state index contributed by atoms with van der Waals surface area (Å²) in [6.45, 7) is 1.31. The van der Waals surface area contributed by atoms with Gasteiger partial charge in [0.15, 0.2) is 0 Å². The number of nitrogens with zero attached hydrogens (tertiary/aromatic N) is 1. The Labute approximate surface area is 149 Å². The number of fused-ring (bicyclic) bond motifs is 1. The van der Waals surface area contributed by atoms with Crippen LogP contribution in [0.5, 0.6) is 0 Å². The summed E-state index contributed by atoms with van der Waals surface area (Å²) in [6.07, 6.45) is 0. The zero-order valence-corrected chi connectivity index (χ0v) is 14.6. The van der Waals surface area contributed by atoms with Crippen LogP contribution in [0.15, 0.2) is 53.3 Å². The van der Waals surface area contributed by atoms with E-state index in [2.05, 4.69) is 5.43 Å². The van der Waals surface area contributed by atoms with Gasteiger partial charge in [0.25, 0.3) is 5.56 Å².